The van der Waals surface area contributed by atoms with E-state index in [-0.39, 0.29) is 11.3 Å². The van der Waals surface area contributed by atoms with Gasteiger partial charge < -0.3 is 19.7 Å². The van der Waals surface area contributed by atoms with Crippen molar-refractivity contribution in [2.24, 2.45) is 0 Å². The number of alkyl halides is 3. The molecule has 0 aliphatic heterocycles. The van der Waals surface area contributed by atoms with Crippen molar-refractivity contribution in [2.45, 2.75) is 12.7 Å². The number of anilines is 2. The molecule has 4 rings (SSSR count). The number of carbonyl (C=O) groups is 1. The van der Waals surface area contributed by atoms with Gasteiger partial charge in [-0.3, -0.25) is 0 Å². The van der Waals surface area contributed by atoms with E-state index in [0.717, 1.165) is 16.5 Å². The van der Waals surface area contributed by atoms with Crippen LogP contribution < -0.4 is 10.1 Å². The standard InChI is InChI=1S/C24H18ClF3N2O3/c25-17-4-6-21(20(12-17)23(31)32)29-18-5-7-22-16(11-18)8-9-30(22)13-15-2-1-3-19(10-15)33-14-24(26,27)28/h1-12,29H,13-14H2,(H,31,32). The molecule has 33 heavy (non-hydrogen) atoms. The molecule has 0 aliphatic carbocycles. The molecule has 0 unspecified atom stereocenters. The van der Waals surface area contributed by atoms with Gasteiger partial charge in [-0.05, 0) is 60.2 Å². The second-order valence-corrected chi connectivity index (χ2v) is 7.82. The Labute approximate surface area is 192 Å². The maximum absolute atomic E-state index is 12.4. The number of nitrogens with zero attached hydrogens (tertiary/aromatic N) is 1. The lowest BCUT2D eigenvalue weighted by molar-refractivity contribution is -0.153. The van der Waals surface area contributed by atoms with Gasteiger partial charge in [0, 0.05) is 34.4 Å². The highest BCUT2D eigenvalue weighted by molar-refractivity contribution is 6.31. The average Bonchev–Trinajstić information content (AvgIpc) is 3.15. The molecule has 0 radical (unpaired) electrons. The molecule has 0 amide bonds. The number of aromatic carboxylic acids is 1. The van der Waals surface area contributed by atoms with Crippen LogP contribution in [0.3, 0.4) is 0 Å². The summed E-state index contributed by atoms with van der Waals surface area (Å²) in [6.45, 7) is -0.893. The molecule has 1 aromatic heterocycles. The van der Waals surface area contributed by atoms with Gasteiger partial charge in [0.1, 0.15) is 5.75 Å². The second kappa shape index (κ2) is 9.07. The molecule has 0 atom stereocenters. The molecule has 0 aliphatic rings. The first kappa shape index (κ1) is 22.5. The Kier molecular flexibility index (Phi) is 6.20. The Hall–Kier alpha value is -3.65. The fraction of sp³-hybridized carbons (Fsp3) is 0.125. The smallest absolute Gasteiger partial charge is 0.422 e. The number of ether oxygens (including phenoxy) is 1. The largest absolute Gasteiger partial charge is 0.484 e. The number of nitrogens with one attached hydrogen (secondary N) is 1. The number of halogens is 4. The molecule has 3 aromatic carbocycles. The molecule has 0 spiro atoms. The Balaban J connectivity index is 1.53. The Morgan fingerprint density at radius 1 is 1.06 bits per heavy atom. The van der Waals surface area contributed by atoms with E-state index in [2.05, 4.69) is 5.32 Å². The van der Waals surface area contributed by atoms with E-state index >= 15 is 0 Å². The number of fused-ring (bicyclic) bond motifs is 1. The zero-order valence-electron chi connectivity index (χ0n) is 17.1. The van der Waals surface area contributed by atoms with E-state index in [0.29, 0.717) is 22.9 Å². The predicted molar refractivity (Wildman–Crippen MR) is 121 cm³/mol. The van der Waals surface area contributed by atoms with Crippen molar-refractivity contribution < 1.29 is 27.8 Å². The number of hydrogen-bond donors (Lipinski definition) is 2. The van der Waals surface area contributed by atoms with Crippen LogP contribution in [-0.2, 0) is 6.54 Å². The number of hydrogen-bond acceptors (Lipinski definition) is 3. The Morgan fingerprint density at radius 3 is 2.64 bits per heavy atom. The molecule has 2 N–H and O–H groups in total. The van der Waals surface area contributed by atoms with Gasteiger partial charge in [0.15, 0.2) is 6.61 Å². The minimum Gasteiger partial charge on any atom is -0.484 e. The number of aromatic nitrogens is 1. The zero-order valence-corrected chi connectivity index (χ0v) is 17.8. The lowest BCUT2D eigenvalue weighted by atomic mass is 10.1. The van der Waals surface area contributed by atoms with Gasteiger partial charge in [0.2, 0.25) is 0 Å². The summed E-state index contributed by atoms with van der Waals surface area (Å²) in [7, 11) is 0. The molecule has 0 bridgehead atoms. The Morgan fingerprint density at radius 2 is 1.88 bits per heavy atom. The maximum atomic E-state index is 12.4. The fourth-order valence-corrected chi connectivity index (χ4v) is 3.64. The summed E-state index contributed by atoms with van der Waals surface area (Å²) in [5, 5.41) is 13.8. The van der Waals surface area contributed by atoms with Crippen LogP contribution in [0.25, 0.3) is 10.9 Å². The first-order valence-corrected chi connectivity index (χ1v) is 10.2. The van der Waals surface area contributed by atoms with Crippen molar-refractivity contribution in [3.63, 3.8) is 0 Å². The molecule has 4 aromatic rings. The van der Waals surface area contributed by atoms with Crippen molar-refractivity contribution in [3.8, 4) is 5.75 Å². The van der Waals surface area contributed by atoms with Crippen LogP contribution in [0.1, 0.15) is 15.9 Å². The first-order chi connectivity index (χ1) is 15.7. The lowest BCUT2D eigenvalue weighted by Crippen LogP contribution is -2.19. The van der Waals surface area contributed by atoms with Crippen molar-refractivity contribution >= 4 is 39.8 Å². The molecule has 5 nitrogen and oxygen atoms in total. The highest BCUT2D eigenvalue weighted by Gasteiger charge is 2.28. The normalized spacial score (nSPS) is 11.5. The third-order valence-electron chi connectivity index (χ3n) is 4.92. The molecule has 1 heterocycles. The summed E-state index contributed by atoms with van der Waals surface area (Å²) in [4.78, 5) is 11.5. The highest BCUT2D eigenvalue weighted by atomic mass is 35.5. The van der Waals surface area contributed by atoms with Crippen molar-refractivity contribution in [1.82, 2.24) is 4.57 Å². The van der Waals surface area contributed by atoms with Gasteiger partial charge in [-0.2, -0.15) is 13.2 Å². The van der Waals surface area contributed by atoms with Gasteiger partial charge in [-0.15, -0.1) is 0 Å². The molecule has 0 fully saturated rings. The molecule has 0 saturated heterocycles. The van der Waals surface area contributed by atoms with Gasteiger partial charge >= 0.3 is 12.1 Å². The topological polar surface area (TPSA) is 63.5 Å². The van der Waals surface area contributed by atoms with Crippen LogP contribution >= 0.6 is 11.6 Å². The summed E-state index contributed by atoms with van der Waals surface area (Å²) in [6.07, 6.45) is -2.52. The average molecular weight is 475 g/mol. The molecule has 0 saturated carbocycles. The first-order valence-electron chi connectivity index (χ1n) is 9.85. The second-order valence-electron chi connectivity index (χ2n) is 7.39. The number of benzene rings is 3. The summed E-state index contributed by atoms with van der Waals surface area (Å²) >= 11 is 5.91. The number of carboxylic acids is 1. The van der Waals surface area contributed by atoms with Crippen LogP contribution in [0.5, 0.6) is 5.75 Å². The van der Waals surface area contributed by atoms with Gasteiger partial charge in [0.25, 0.3) is 0 Å². The van der Waals surface area contributed by atoms with Crippen molar-refractivity contribution in [2.75, 3.05) is 11.9 Å². The van der Waals surface area contributed by atoms with Crippen LogP contribution in [-0.4, -0.2) is 28.4 Å². The minimum atomic E-state index is -4.39. The quantitative estimate of drug-likeness (QED) is 0.312. The third kappa shape index (κ3) is 5.59. The Bertz CT molecular complexity index is 1320. The molecular weight excluding hydrogens is 457 g/mol. The predicted octanol–water partition coefficient (Wildman–Crippen LogP) is 6.73. The van der Waals surface area contributed by atoms with E-state index in [1.54, 1.807) is 24.3 Å². The zero-order chi connectivity index (χ0) is 23.6. The number of rotatable bonds is 7. The van der Waals surface area contributed by atoms with Crippen molar-refractivity contribution in [1.29, 1.82) is 0 Å². The fourth-order valence-electron chi connectivity index (χ4n) is 3.47. The van der Waals surface area contributed by atoms with Crippen LogP contribution in [0, 0.1) is 0 Å². The number of carboxylic acid groups (broad SMARTS) is 1. The molecule has 9 heteroatoms. The van der Waals surface area contributed by atoms with E-state index in [9.17, 15) is 23.1 Å². The highest BCUT2D eigenvalue weighted by Crippen LogP contribution is 2.28. The summed E-state index contributed by atoms with van der Waals surface area (Å²) in [5.74, 6) is -0.932. The van der Waals surface area contributed by atoms with Crippen LogP contribution in [0.4, 0.5) is 24.5 Å². The monoisotopic (exact) mass is 474 g/mol. The summed E-state index contributed by atoms with van der Waals surface area (Å²) in [5.41, 5.74) is 2.89. The van der Waals surface area contributed by atoms with Crippen LogP contribution in [0.15, 0.2) is 72.9 Å². The maximum Gasteiger partial charge on any atom is 0.422 e. The van der Waals surface area contributed by atoms with E-state index in [4.69, 9.17) is 16.3 Å². The van der Waals surface area contributed by atoms with Crippen molar-refractivity contribution in [3.05, 3.63) is 89.1 Å². The SMILES string of the molecule is O=C(O)c1cc(Cl)ccc1Nc1ccc2c(ccn2Cc2cccc(OCC(F)(F)F)c2)c1. The van der Waals surface area contributed by atoms with E-state index in [1.165, 1.54) is 12.1 Å². The third-order valence-corrected chi connectivity index (χ3v) is 5.15. The summed E-state index contributed by atoms with van der Waals surface area (Å²) in [6, 6.07) is 18.6. The van der Waals surface area contributed by atoms with Gasteiger partial charge in [-0.1, -0.05) is 23.7 Å². The molecular formula is C24H18ClF3N2O3. The minimum absolute atomic E-state index is 0.0628. The van der Waals surface area contributed by atoms with Crippen LogP contribution in [0.2, 0.25) is 5.02 Å². The van der Waals surface area contributed by atoms with E-state index < -0.39 is 18.8 Å². The van der Waals surface area contributed by atoms with Gasteiger partial charge in [-0.25, -0.2) is 4.79 Å². The summed E-state index contributed by atoms with van der Waals surface area (Å²) < 4.78 is 44.0. The molecule has 170 valence electrons. The van der Waals surface area contributed by atoms with E-state index in [1.807, 2.05) is 41.1 Å². The lowest BCUT2D eigenvalue weighted by Gasteiger charge is -2.12. The van der Waals surface area contributed by atoms with Gasteiger partial charge in [0.05, 0.1) is 11.3 Å².